The van der Waals surface area contributed by atoms with Gasteiger partial charge in [0.1, 0.15) is 16.7 Å². The quantitative estimate of drug-likeness (QED) is 0.718. The molecule has 1 fully saturated rings. The SMILES string of the molecule is COc1ccc(NC(C(=O)N(C)C)c2ccccc2)cc1S(=O)(=O)N1CCOCC1. The monoisotopic (exact) mass is 433 g/mol. The van der Waals surface area contributed by atoms with Gasteiger partial charge in [-0.05, 0) is 23.8 Å². The molecule has 1 aliphatic heterocycles. The molecule has 1 heterocycles. The standard InChI is InChI=1S/C21H27N3O5S/c1-23(2)21(25)20(16-7-5-4-6-8-16)22-17-9-10-18(28-3)19(15-17)30(26,27)24-11-13-29-14-12-24/h4-10,15,20,22H,11-14H2,1-3H3. The fourth-order valence-electron chi connectivity index (χ4n) is 3.25. The van der Waals surface area contributed by atoms with Crippen LogP contribution in [0.2, 0.25) is 0 Å². The molecule has 0 saturated carbocycles. The minimum Gasteiger partial charge on any atom is -0.495 e. The summed E-state index contributed by atoms with van der Waals surface area (Å²) in [6, 6.07) is 13.5. The molecular formula is C21H27N3O5S. The van der Waals surface area contributed by atoms with Gasteiger partial charge in [0.05, 0.1) is 20.3 Å². The van der Waals surface area contributed by atoms with Crippen LogP contribution in [0.15, 0.2) is 53.4 Å². The van der Waals surface area contributed by atoms with Gasteiger partial charge in [0.2, 0.25) is 15.9 Å². The highest BCUT2D eigenvalue weighted by Crippen LogP contribution is 2.32. The first-order valence-corrected chi connectivity index (χ1v) is 11.1. The lowest BCUT2D eigenvalue weighted by Gasteiger charge is -2.27. The molecule has 2 aromatic rings. The van der Waals surface area contributed by atoms with Crippen molar-refractivity contribution in [2.75, 3.05) is 52.8 Å². The van der Waals surface area contributed by atoms with Crippen molar-refractivity contribution in [3.8, 4) is 5.75 Å². The smallest absolute Gasteiger partial charge is 0.249 e. The fourth-order valence-corrected chi connectivity index (χ4v) is 4.84. The largest absolute Gasteiger partial charge is 0.495 e. The minimum absolute atomic E-state index is 0.0565. The molecule has 1 aliphatic rings. The normalized spacial score (nSPS) is 16.0. The zero-order chi connectivity index (χ0) is 21.7. The summed E-state index contributed by atoms with van der Waals surface area (Å²) in [6.45, 7) is 1.28. The van der Waals surface area contributed by atoms with E-state index in [9.17, 15) is 13.2 Å². The van der Waals surface area contributed by atoms with Gasteiger partial charge in [-0.2, -0.15) is 4.31 Å². The number of hydrogen-bond acceptors (Lipinski definition) is 6. The Hall–Kier alpha value is -2.62. The molecule has 0 spiro atoms. The number of sulfonamides is 1. The highest BCUT2D eigenvalue weighted by molar-refractivity contribution is 7.89. The molecule has 1 unspecified atom stereocenters. The first-order chi connectivity index (χ1) is 14.3. The van der Waals surface area contributed by atoms with E-state index in [4.69, 9.17) is 9.47 Å². The molecule has 9 heteroatoms. The number of anilines is 1. The van der Waals surface area contributed by atoms with E-state index in [1.807, 2.05) is 30.3 Å². The van der Waals surface area contributed by atoms with E-state index < -0.39 is 16.1 Å². The van der Waals surface area contributed by atoms with E-state index in [0.717, 1.165) is 5.56 Å². The van der Waals surface area contributed by atoms with Crippen molar-refractivity contribution in [3.63, 3.8) is 0 Å². The van der Waals surface area contributed by atoms with Gasteiger partial charge in [0, 0.05) is 32.9 Å². The van der Waals surface area contributed by atoms with Crippen molar-refractivity contribution in [3.05, 3.63) is 54.1 Å². The van der Waals surface area contributed by atoms with E-state index in [2.05, 4.69) is 5.32 Å². The van der Waals surface area contributed by atoms with Gasteiger partial charge in [-0.15, -0.1) is 0 Å². The molecule has 1 atom stereocenters. The number of morpholine rings is 1. The number of ether oxygens (including phenoxy) is 2. The second-order valence-corrected chi connectivity index (χ2v) is 9.01. The lowest BCUT2D eigenvalue weighted by molar-refractivity contribution is -0.129. The van der Waals surface area contributed by atoms with Gasteiger partial charge < -0.3 is 19.7 Å². The first-order valence-electron chi connectivity index (χ1n) is 9.63. The number of carbonyl (C=O) groups is 1. The highest BCUT2D eigenvalue weighted by Gasteiger charge is 2.30. The predicted octanol–water partition coefficient (Wildman–Crippen LogP) is 1.96. The first kappa shape index (κ1) is 22.1. The summed E-state index contributed by atoms with van der Waals surface area (Å²) in [7, 11) is 1.03. The summed E-state index contributed by atoms with van der Waals surface area (Å²) in [6.07, 6.45) is 0. The molecule has 3 rings (SSSR count). The number of methoxy groups -OCH3 is 1. The summed E-state index contributed by atoms with van der Waals surface area (Å²) in [4.78, 5) is 14.4. The van der Waals surface area contributed by atoms with Gasteiger partial charge in [-0.25, -0.2) is 8.42 Å². The number of benzene rings is 2. The Morgan fingerprint density at radius 3 is 2.40 bits per heavy atom. The van der Waals surface area contributed by atoms with Crippen molar-refractivity contribution >= 4 is 21.6 Å². The maximum atomic E-state index is 13.2. The third kappa shape index (κ3) is 4.75. The number of likely N-dealkylation sites (N-methyl/N-ethyl adjacent to an activating group) is 1. The van der Waals surface area contributed by atoms with E-state index in [0.29, 0.717) is 18.9 Å². The van der Waals surface area contributed by atoms with Crippen molar-refractivity contribution < 1.29 is 22.7 Å². The van der Waals surface area contributed by atoms with Crippen molar-refractivity contribution in [1.82, 2.24) is 9.21 Å². The zero-order valence-electron chi connectivity index (χ0n) is 17.4. The summed E-state index contributed by atoms with van der Waals surface area (Å²) < 4.78 is 38.4. The Labute approximate surface area is 177 Å². The molecule has 0 aliphatic carbocycles. The van der Waals surface area contributed by atoms with Crippen molar-refractivity contribution in [1.29, 1.82) is 0 Å². The van der Waals surface area contributed by atoms with Crippen LogP contribution in [0.25, 0.3) is 0 Å². The molecule has 0 aromatic heterocycles. The average molecular weight is 434 g/mol. The Kier molecular flexibility index (Phi) is 6.96. The van der Waals surface area contributed by atoms with Crippen LogP contribution >= 0.6 is 0 Å². The number of hydrogen-bond donors (Lipinski definition) is 1. The van der Waals surface area contributed by atoms with Crippen molar-refractivity contribution in [2.24, 2.45) is 0 Å². The predicted molar refractivity (Wildman–Crippen MR) is 114 cm³/mol. The van der Waals surface area contributed by atoms with Crippen LogP contribution < -0.4 is 10.1 Å². The van der Waals surface area contributed by atoms with Crippen LogP contribution in [-0.4, -0.2) is 71.0 Å². The number of nitrogens with one attached hydrogen (secondary N) is 1. The fraction of sp³-hybridized carbons (Fsp3) is 0.381. The highest BCUT2D eigenvalue weighted by atomic mass is 32.2. The molecule has 1 saturated heterocycles. The van der Waals surface area contributed by atoms with E-state index in [1.165, 1.54) is 22.4 Å². The lowest BCUT2D eigenvalue weighted by atomic mass is 10.1. The molecule has 8 nitrogen and oxygen atoms in total. The Morgan fingerprint density at radius 1 is 1.13 bits per heavy atom. The molecule has 0 bridgehead atoms. The van der Waals surface area contributed by atoms with E-state index >= 15 is 0 Å². The molecule has 1 N–H and O–H groups in total. The third-order valence-electron chi connectivity index (χ3n) is 4.88. The van der Waals surface area contributed by atoms with Crippen LogP contribution in [0.3, 0.4) is 0 Å². The Balaban J connectivity index is 1.97. The lowest BCUT2D eigenvalue weighted by Crippen LogP contribution is -2.40. The Bertz CT molecular complexity index is 973. The van der Waals surface area contributed by atoms with Crippen LogP contribution in [-0.2, 0) is 19.6 Å². The summed E-state index contributed by atoms with van der Waals surface area (Å²) >= 11 is 0. The molecule has 2 aromatic carbocycles. The molecule has 0 radical (unpaired) electrons. The van der Waals surface area contributed by atoms with Crippen LogP contribution in [0, 0.1) is 0 Å². The van der Waals surface area contributed by atoms with E-state index in [1.54, 1.807) is 26.2 Å². The van der Waals surface area contributed by atoms with Gasteiger partial charge in [0.25, 0.3) is 0 Å². The molecule has 162 valence electrons. The molecule has 1 amide bonds. The maximum absolute atomic E-state index is 13.2. The van der Waals surface area contributed by atoms with Crippen molar-refractivity contribution in [2.45, 2.75) is 10.9 Å². The number of carbonyl (C=O) groups excluding carboxylic acids is 1. The minimum atomic E-state index is -3.77. The van der Waals surface area contributed by atoms with Gasteiger partial charge in [0.15, 0.2) is 0 Å². The number of rotatable bonds is 7. The van der Waals surface area contributed by atoms with E-state index in [-0.39, 0.29) is 29.6 Å². The van der Waals surface area contributed by atoms with Crippen LogP contribution in [0.4, 0.5) is 5.69 Å². The second kappa shape index (κ2) is 9.46. The van der Waals surface area contributed by atoms with Gasteiger partial charge in [-0.3, -0.25) is 4.79 Å². The van der Waals surface area contributed by atoms with Gasteiger partial charge in [-0.1, -0.05) is 30.3 Å². The Morgan fingerprint density at radius 2 is 1.80 bits per heavy atom. The summed E-state index contributed by atoms with van der Waals surface area (Å²) in [5.41, 5.74) is 1.29. The van der Waals surface area contributed by atoms with Crippen LogP contribution in [0.1, 0.15) is 11.6 Å². The third-order valence-corrected chi connectivity index (χ3v) is 6.80. The van der Waals surface area contributed by atoms with Gasteiger partial charge >= 0.3 is 0 Å². The van der Waals surface area contributed by atoms with Crippen LogP contribution in [0.5, 0.6) is 5.75 Å². The molecule has 30 heavy (non-hydrogen) atoms. The maximum Gasteiger partial charge on any atom is 0.249 e. The average Bonchev–Trinajstić information content (AvgIpc) is 2.78. The number of amides is 1. The topological polar surface area (TPSA) is 88.2 Å². The summed E-state index contributed by atoms with van der Waals surface area (Å²) in [5, 5.41) is 3.19. The second-order valence-electron chi connectivity index (χ2n) is 7.10. The molecular weight excluding hydrogens is 406 g/mol. The number of nitrogens with zero attached hydrogens (tertiary/aromatic N) is 2. The zero-order valence-corrected chi connectivity index (χ0v) is 18.2. The summed E-state index contributed by atoms with van der Waals surface area (Å²) in [5.74, 6) is 0.108.